The van der Waals surface area contributed by atoms with Gasteiger partial charge in [-0.2, -0.15) is 0 Å². The third-order valence-electron chi connectivity index (χ3n) is 3.09. The van der Waals surface area contributed by atoms with Crippen molar-refractivity contribution in [1.29, 1.82) is 0 Å². The van der Waals surface area contributed by atoms with Crippen LogP contribution < -0.4 is 5.32 Å². The highest BCUT2D eigenvalue weighted by Crippen LogP contribution is 2.24. The first-order valence-electron chi connectivity index (χ1n) is 5.57. The van der Waals surface area contributed by atoms with Crippen LogP contribution in [-0.4, -0.2) is 16.1 Å². The van der Waals surface area contributed by atoms with Crippen molar-refractivity contribution >= 4 is 0 Å². The lowest BCUT2D eigenvalue weighted by Crippen LogP contribution is -2.24. The molecule has 0 saturated carbocycles. The van der Waals surface area contributed by atoms with E-state index in [2.05, 4.69) is 21.9 Å². The maximum atomic E-state index is 5.62. The van der Waals surface area contributed by atoms with Crippen molar-refractivity contribution in [1.82, 2.24) is 14.9 Å². The number of aromatic nitrogens is 2. The van der Waals surface area contributed by atoms with E-state index in [1.807, 2.05) is 19.1 Å². The van der Waals surface area contributed by atoms with Gasteiger partial charge in [-0.05, 0) is 19.1 Å². The minimum absolute atomic E-state index is 0.856. The number of fused-ring (bicyclic) bond motifs is 1. The maximum absolute atomic E-state index is 5.62. The van der Waals surface area contributed by atoms with Crippen LogP contribution >= 0.6 is 0 Å². The number of furan rings is 1. The van der Waals surface area contributed by atoms with Gasteiger partial charge in [0.2, 0.25) is 0 Å². The molecule has 2 aromatic heterocycles. The number of aryl methyl sites for hydroxylation is 1. The molecule has 0 saturated heterocycles. The van der Waals surface area contributed by atoms with Crippen LogP contribution in [-0.2, 0) is 20.0 Å². The molecule has 3 heterocycles. The van der Waals surface area contributed by atoms with Crippen LogP contribution in [0.4, 0.5) is 0 Å². The van der Waals surface area contributed by atoms with E-state index in [0.29, 0.717) is 0 Å². The number of hydrogen-bond donors (Lipinski definition) is 1. The fourth-order valence-electron chi connectivity index (χ4n) is 2.23. The molecule has 0 radical (unpaired) electrons. The Morgan fingerprint density at radius 2 is 2.31 bits per heavy atom. The Morgan fingerprint density at radius 1 is 1.44 bits per heavy atom. The van der Waals surface area contributed by atoms with Crippen LogP contribution in [0.15, 0.2) is 16.5 Å². The molecule has 16 heavy (non-hydrogen) atoms. The van der Waals surface area contributed by atoms with Crippen molar-refractivity contribution in [2.24, 2.45) is 7.05 Å². The summed E-state index contributed by atoms with van der Waals surface area (Å²) in [6.45, 7) is 3.85. The van der Waals surface area contributed by atoms with Crippen molar-refractivity contribution in [2.45, 2.75) is 19.9 Å². The summed E-state index contributed by atoms with van der Waals surface area (Å²) in [6.07, 6.45) is 1.04. The van der Waals surface area contributed by atoms with E-state index in [1.54, 1.807) is 0 Å². The second kappa shape index (κ2) is 3.49. The zero-order valence-electron chi connectivity index (χ0n) is 9.58. The Hall–Kier alpha value is -1.55. The standard InChI is InChI=1S/C12H15N3O/c1-8-3-4-11(16-8)12-14-9-7-13-6-5-10(9)15(12)2/h3-4,13H,5-7H2,1-2H3. The molecule has 0 spiro atoms. The zero-order chi connectivity index (χ0) is 11.1. The number of nitrogens with one attached hydrogen (secondary N) is 1. The van der Waals surface area contributed by atoms with E-state index < -0.39 is 0 Å². The van der Waals surface area contributed by atoms with Gasteiger partial charge < -0.3 is 14.3 Å². The molecule has 1 aliphatic heterocycles. The molecule has 0 atom stereocenters. The Balaban J connectivity index is 2.11. The molecule has 2 aromatic rings. The van der Waals surface area contributed by atoms with Crippen LogP contribution in [0.1, 0.15) is 17.1 Å². The number of imidazole rings is 1. The van der Waals surface area contributed by atoms with Gasteiger partial charge in [-0.25, -0.2) is 4.98 Å². The molecule has 1 aliphatic rings. The average Bonchev–Trinajstić information content (AvgIpc) is 2.84. The Labute approximate surface area is 94.3 Å². The number of rotatable bonds is 1. The molecule has 0 amide bonds. The average molecular weight is 217 g/mol. The Kier molecular flexibility index (Phi) is 2.11. The highest BCUT2D eigenvalue weighted by atomic mass is 16.3. The zero-order valence-corrected chi connectivity index (χ0v) is 9.58. The van der Waals surface area contributed by atoms with Gasteiger partial charge in [-0.1, -0.05) is 0 Å². The summed E-state index contributed by atoms with van der Waals surface area (Å²) < 4.78 is 7.77. The van der Waals surface area contributed by atoms with Crippen molar-refractivity contribution in [2.75, 3.05) is 6.54 Å². The maximum Gasteiger partial charge on any atom is 0.176 e. The van der Waals surface area contributed by atoms with Crippen LogP contribution in [0, 0.1) is 6.92 Å². The largest absolute Gasteiger partial charge is 0.458 e. The van der Waals surface area contributed by atoms with E-state index in [4.69, 9.17) is 4.42 Å². The SMILES string of the molecule is Cc1ccc(-c2nc3c(n2C)CCNC3)o1. The molecule has 1 N–H and O–H groups in total. The van der Waals surface area contributed by atoms with Gasteiger partial charge in [0, 0.05) is 32.3 Å². The fraction of sp³-hybridized carbons (Fsp3) is 0.417. The monoisotopic (exact) mass is 217 g/mol. The molecule has 0 fully saturated rings. The smallest absolute Gasteiger partial charge is 0.176 e. The summed E-state index contributed by atoms with van der Waals surface area (Å²) in [4.78, 5) is 4.64. The Bertz CT molecular complexity index is 524. The normalized spacial score (nSPS) is 15.1. The lowest BCUT2D eigenvalue weighted by atomic mass is 10.2. The molecule has 84 valence electrons. The van der Waals surface area contributed by atoms with E-state index in [1.165, 1.54) is 5.69 Å². The third-order valence-corrected chi connectivity index (χ3v) is 3.09. The molecule has 3 rings (SSSR count). The van der Waals surface area contributed by atoms with Gasteiger partial charge in [0.1, 0.15) is 5.76 Å². The van der Waals surface area contributed by atoms with Gasteiger partial charge in [-0.3, -0.25) is 0 Å². The van der Waals surface area contributed by atoms with E-state index in [-0.39, 0.29) is 0 Å². The highest BCUT2D eigenvalue weighted by Gasteiger charge is 2.19. The number of hydrogen-bond acceptors (Lipinski definition) is 3. The summed E-state index contributed by atoms with van der Waals surface area (Å²) >= 11 is 0. The van der Waals surface area contributed by atoms with Gasteiger partial charge in [-0.15, -0.1) is 0 Å². The topological polar surface area (TPSA) is 43.0 Å². The van der Waals surface area contributed by atoms with Crippen LogP contribution in [0.3, 0.4) is 0 Å². The van der Waals surface area contributed by atoms with Gasteiger partial charge in [0.25, 0.3) is 0 Å². The van der Waals surface area contributed by atoms with Crippen molar-refractivity contribution < 1.29 is 4.42 Å². The third kappa shape index (κ3) is 1.38. The lowest BCUT2D eigenvalue weighted by Gasteiger charge is -2.12. The summed E-state index contributed by atoms with van der Waals surface area (Å²) in [5.41, 5.74) is 2.47. The predicted octanol–water partition coefficient (Wildman–Crippen LogP) is 1.63. The first-order chi connectivity index (χ1) is 7.75. The van der Waals surface area contributed by atoms with Crippen LogP contribution in [0.2, 0.25) is 0 Å². The fourth-order valence-corrected chi connectivity index (χ4v) is 2.23. The quantitative estimate of drug-likeness (QED) is 0.789. The van der Waals surface area contributed by atoms with E-state index in [9.17, 15) is 0 Å². The summed E-state index contributed by atoms with van der Waals surface area (Å²) in [7, 11) is 2.06. The van der Waals surface area contributed by atoms with Gasteiger partial charge in [0.15, 0.2) is 11.6 Å². The van der Waals surface area contributed by atoms with Crippen LogP contribution in [0.5, 0.6) is 0 Å². The molecule has 4 heteroatoms. The van der Waals surface area contributed by atoms with Crippen molar-refractivity contribution in [3.8, 4) is 11.6 Å². The minimum Gasteiger partial charge on any atom is -0.458 e. The summed E-state index contributed by atoms with van der Waals surface area (Å²) in [5, 5.41) is 3.33. The van der Waals surface area contributed by atoms with Crippen molar-refractivity contribution in [3.05, 3.63) is 29.3 Å². The molecule has 4 nitrogen and oxygen atoms in total. The van der Waals surface area contributed by atoms with Gasteiger partial charge in [0.05, 0.1) is 5.69 Å². The highest BCUT2D eigenvalue weighted by molar-refractivity contribution is 5.50. The lowest BCUT2D eigenvalue weighted by molar-refractivity contribution is 0.541. The van der Waals surface area contributed by atoms with Crippen molar-refractivity contribution in [3.63, 3.8) is 0 Å². The number of nitrogens with zero attached hydrogens (tertiary/aromatic N) is 2. The summed E-state index contributed by atoms with van der Waals surface area (Å²) in [6, 6.07) is 3.96. The summed E-state index contributed by atoms with van der Waals surface area (Å²) in [5.74, 6) is 2.71. The molecule has 0 unspecified atom stereocenters. The minimum atomic E-state index is 0.856. The molecular weight excluding hydrogens is 202 g/mol. The second-order valence-electron chi connectivity index (χ2n) is 4.22. The molecule has 0 aliphatic carbocycles. The van der Waals surface area contributed by atoms with Crippen LogP contribution in [0.25, 0.3) is 11.6 Å². The Morgan fingerprint density at radius 3 is 3.00 bits per heavy atom. The second-order valence-corrected chi connectivity index (χ2v) is 4.22. The molecule has 0 bridgehead atoms. The first kappa shape index (κ1) is 9.66. The molecule has 0 aromatic carbocycles. The molecular formula is C12H15N3O. The van der Waals surface area contributed by atoms with Gasteiger partial charge >= 0.3 is 0 Å². The first-order valence-corrected chi connectivity index (χ1v) is 5.57. The predicted molar refractivity (Wildman–Crippen MR) is 61.1 cm³/mol. The van der Waals surface area contributed by atoms with E-state index in [0.717, 1.165) is 42.5 Å². The van der Waals surface area contributed by atoms with E-state index >= 15 is 0 Å².